The smallest absolute Gasteiger partial charge is 0.323 e. The van der Waals surface area contributed by atoms with Crippen LogP contribution in [0, 0.1) is 6.92 Å². The van der Waals surface area contributed by atoms with Crippen LogP contribution in [0.5, 0.6) is 0 Å². The van der Waals surface area contributed by atoms with E-state index in [1.165, 1.54) is 5.69 Å². The third kappa shape index (κ3) is 2.77. The maximum Gasteiger partial charge on any atom is 0.323 e. The van der Waals surface area contributed by atoms with Crippen LogP contribution in [-0.2, 0) is 6.54 Å². The predicted molar refractivity (Wildman–Crippen MR) is 85.0 cm³/mol. The van der Waals surface area contributed by atoms with Gasteiger partial charge in [0.2, 0.25) is 0 Å². The summed E-state index contributed by atoms with van der Waals surface area (Å²) in [6, 6.07) is 9.81. The molecule has 0 fully saturated rings. The van der Waals surface area contributed by atoms with E-state index in [-0.39, 0.29) is 12.1 Å². The average molecular weight is 300 g/mol. The van der Waals surface area contributed by atoms with E-state index in [4.69, 9.17) is 4.52 Å². The quantitative estimate of drug-likeness (QED) is 0.879. The summed E-state index contributed by atoms with van der Waals surface area (Å²) < 4.78 is 4.99. The fraction of sp³-hybridized carbons (Fsp3) is 0.375. The zero-order chi connectivity index (χ0) is 15.7. The number of fused-ring (bicyclic) bond motifs is 1. The van der Waals surface area contributed by atoms with Gasteiger partial charge < -0.3 is 14.3 Å². The van der Waals surface area contributed by atoms with Gasteiger partial charge >= 0.3 is 6.03 Å². The molecule has 1 aliphatic heterocycles. The van der Waals surface area contributed by atoms with Crippen molar-refractivity contribution in [2.75, 3.05) is 23.8 Å². The first-order chi connectivity index (χ1) is 10.5. The first kappa shape index (κ1) is 14.4. The summed E-state index contributed by atoms with van der Waals surface area (Å²) in [5.41, 5.74) is 2.31. The Hall–Kier alpha value is -2.50. The lowest BCUT2D eigenvalue weighted by molar-refractivity contribution is 0.192. The Bertz CT molecular complexity index is 682. The standard InChI is InChI=1S/C16H20N4O2/c1-11-9-19(3)14-7-5-4-6-13(14)10-20(11)16(21)17-15-8-12(2)22-18-15/h4-8,11H,9-10H2,1-3H3,(H,17,18,21)/t11-/m1/s1. The molecule has 1 atom stereocenters. The molecule has 6 nitrogen and oxygen atoms in total. The van der Waals surface area contributed by atoms with Crippen LogP contribution in [0.3, 0.4) is 0 Å². The van der Waals surface area contributed by atoms with Gasteiger partial charge in [-0.1, -0.05) is 23.4 Å². The molecule has 1 aromatic carbocycles. The van der Waals surface area contributed by atoms with Crippen molar-refractivity contribution in [1.82, 2.24) is 10.1 Å². The fourth-order valence-electron chi connectivity index (χ4n) is 2.83. The highest BCUT2D eigenvalue weighted by Gasteiger charge is 2.27. The molecule has 6 heteroatoms. The number of hydrogen-bond donors (Lipinski definition) is 1. The molecule has 0 saturated heterocycles. The van der Waals surface area contributed by atoms with E-state index in [0.29, 0.717) is 18.1 Å². The number of aromatic nitrogens is 1. The molecule has 116 valence electrons. The van der Waals surface area contributed by atoms with Crippen LogP contribution in [0.4, 0.5) is 16.3 Å². The molecule has 0 saturated carbocycles. The maximum atomic E-state index is 12.6. The third-order valence-corrected chi connectivity index (χ3v) is 3.94. The number of anilines is 2. The van der Waals surface area contributed by atoms with Gasteiger partial charge in [-0.25, -0.2) is 4.79 Å². The van der Waals surface area contributed by atoms with E-state index in [1.54, 1.807) is 13.0 Å². The SMILES string of the molecule is Cc1cc(NC(=O)N2Cc3ccccc3N(C)C[C@H]2C)no1. The third-order valence-electron chi connectivity index (χ3n) is 3.94. The molecular weight excluding hydrogens is 280 g/mol. The Morgan fingerprint density at radius 3 is 2.91 bits per heavy atom. The molecule has 0 aliphatic carbocycles. The van der Waals surface area contributed by atoms with Crippen molar-refractivity contribution >= 4 is 17.5 Å². The summed E-state index contributed by atoms with van der Waals surface area (Å²) in [6.07, 6.45) is 0. The molecule has 2 heterocycles. The van der Waals surface area contributed by atoms with E-state index < -0.39 is 0 Å². The van der Waals surface area contributed by atoms with Gasteiger partial charge in [0.05, 0.1) is 0 Å². The van der Waals surface area contributed by atoms with Crippen LogP contribution in [-0.4, -0.2) is 35.7 Å². The number of para-hydroxylation sites is 1. The second kappa shape index (κ2) is 5.71. The highest BCUT2D eigenvalue weighted by molar-refractivity contribution is 5.88. The molecule has 1 N–H and O–H groups in total. The molecular formula is C16H20N4O2. The summed E-state index contributed by atoms with van der Waals surface area (Å²) in [7, 11) is 2.05. The molecule has 2 amide bonds. The monoisotopic (exact) mass is 300 g/mol. The van der Waals surface area contributed by atoms with Crippen molar-refractivity contribution < 1.29 is 9.32 Å². The summed E-state index contributed by atoms with van der Waals surface area (Å²) in [6.45, 7) is 5.20. The minimum absolute atomic E-state index is 0.0883. The molecule has 22 heavy (non-hydrogen) atoms. The molecule has 0 radical (unpaired) electrons. The zero-order valence-corrected chi connectivity index (χ0v) is 13.0. The lowest BCUT2D eigenvalue weighted by atomic mass is 10.1. The Labute approximate surface area is 129 Å². The van der Waals surface area contributed by atoms with Gasteiger partial charge in [-0.2, -0.15) is 0 Å². The summed E-state index contributed by atoms with van der Waals surface area (Å²) >= 11 is 0. The van der Waals surface area contributed by atoms with Crippen molar-refractivity contribution in [2.45, 2.75) is 26.4 Å². The van der Waals surface area contributed by atoms with Crippen molar-refractivity contribution in [2.24, 2.45) is 0 Å². The Morgan fingerprint density at radius 1 is 1.41 bits per heavy atom. The highest BCUT2D eigenvalue weighted by Crippen LogP contribution is 2.26. The molecule has 3 rings (SSSR count). The second-order valence-corrected chi connectivity index (χ2v) is 5.74. The van der Waals surface area contributed by atoms with Gasteiger partial charge in [-0.3, -0.25) is 5.32 Å². The number of benzene rings is 1. The zero-order valence-electron chi connectivity index (χ0n) is 13.0. The van der Waals surface area contributed by atoms with Crippen molar-refractivity contribution in [3.63, 3.8) is 0 Å². The van der Waals surface area contributed by atoms with E-state index >= 15 is 0 Å². The van der Waals surface area contributed by atoms with E-state index in [1.807, 2.05) is 17.0 Å². The van der Waals surface area contributed by atoms with Gasteiger partial charge in [0.25, 0.3) is 0 Å². The number of nitrogens with zero attached hydrogens (tertiary/aromatic N) is 3. The second-order valence-electron chi connectivity index (χ2n) is 5.74. The van der Waals surface area contributed by atoms with Crippen molar-refractivity contribution in [3.05, 3.63) is 41.7 Å². The number of amides is 2. The number of likely N-dealkylation sites (N-methyl/N-ethyl adjacent to an activating group) is 1. The minimum atomic E-state index is -0.161. The van der Waals surface area contributed by atoms with Gasteiger partial charge in [-0.05, 0) is 25.5 Å². The van der Waals surface area contributed by atoms with Crippen molar-refractivity contribution in [3.8, 4) is 0 Å². The summed E-state index contributed by atoms with van der Waals surface area (Å²) in [5, 5.41) is 6.61. The Kier molecular flexibility index (Phi) is 3.75. The molecule has 0 spiro atoms. The Balaban J connectivity index is 1.82. The van der Waals surface area contributed by atoms with Crippen LogP contribution < -0.4 is 10.2 Å². The summed E-state index contributed by atoms with van der Waals surface area (Å²) in [4.78, 5) is 16.6. The molecule has 0 unspecified atom stereocenters. The normalized spacial score (nSPS) is 17.9. The number of urea groups is 1. The largest absolute Gasteiger partial charge is 0.372 e. The molecule has 1 aromatic heterocycles. The number of carbonyl (C=O) groups excluding carboxylic acids is 1. The average Bonchev–Trinajstić information content (AvgIpc) is 2.84. The minimum Gasteiger partial charge on any atom is -0.372 e. The first-order valence-electron chi connectivity index (χ1n) is 7.34. The molecule has 2 aromatic rings. The number of rotatable bonds is 1. The first-order valence-corrected chi connectivity index (χ1v) is 7.34. The van der Waals surface area contributed by atoms with E-state index in [0.717, 1.165) is 12.1 Å². The van der Waals surface area contributed by atoms with E-state index in [2.05, 4.69) is 41.5 Å². The summed E-state index contributed by atoms with van der Waals surface area (Å²) in [5.74, 6) is 1.12. The lowest BCUT2D eigenvalue weighted by Crippen LogP contribution is -2.44. The van der Waals surface area contributed by atoms with Crippen LogP contribution in [0.15, 0.2) is 34.9 Å². The van der Waals surface area contributed by atoms with Crippen LogP contribution in [0.1, 0.15) is 18.2 Å². The number of aryl methyl sites for hydroxylation is 1. The molecule has 1 aliphatic rings. The molecule has 0 bridgehead atoms. The van der Waals surface area contributed by atoms with Gasteiger partial charge in [0.15, 0.2) is 5.82 Å². The predicted octanol–water partition coefficient (Wildman–Crippen LogP) is 2.86. The topological polar surface area (TPSA) is 61.6 Å². The lowest BCUT2D eigenvalue weighted by Gasteiger charge is -2.28. The number of nitrogens with one attached hydrogen (secondary N) is 1. The van der Waals surface area contributed by atoms with Gasteiger partial charge in [0.1, 0.15) is 5.76 Å². The maximum absolute atomic E-state index is 12.6. The van der Waals surface area contributed by atoms with Crippen LogP contribution in [0.25, 0.3) is 0 Å². The number of hydrogen-bond acceptors (Lipinski definition) is 4. The van der Waals surface area contributed by atoms with Crippen LogP contribution >= 0.6 is 0 Å². The fourth-order valence-corrected chi connectivity index (χ4v) is 2.83. The van der Waals surface area contributed by atoms with Crippen LogP contribution in [0.2, 0.25) is 0 Å². The van der Waals surface area contributed by atoms with Gasteiger partial charge in [-0.15, -0.1) is 0 Å². The van der Waals surface area contributed by atoms with Gasteiger partial charge in [0, 0.05) is 37.9 Å². The highest BCUT2D eigenvalue weighted by atomic mass is 16.5. The van der Waals surface area contributed by atoms with Crippen molar-refractivity contribution in [1.29, 1.82) is 0 Å². The van der Waals surface area contributed by atoms with E-state index in [9.17, 15) is 4.79 Å². The Morgan fingerprint density at radius 2 is 2.18 bits per heavy atom. The number of carbonyl (C=O) groups is 1.